The van der Waals surface area contributed by atoms with E-state index in [2.05, 4.69) is 15.4 Å². The summed E-state index contributed by atoms with van der Waals surface area (Å²) in [4.78, 5) is 6.66. The number of allylic oxidation sites excluding steroid dienone is 1. The van der Waals surface area contributed by atoms with Crippen LogP contribution < -0.4 is 10.9 Å². The van der Waals surface area contributed by atoms with Crippen LogP contribution in [-0.4, -0.2) is 20.8 Å². The molecule has 0 fully saturated rings. The topological polar surface area (TPSA) is 53.1 Å². The first-order valence-corrected chi connectivity index (χ1v) is 4.84. The van der Waals surface area contributed by atoms with Gasteiger partial charge >= 0.3 is 12.3 Å². The Balaban J connectivity index is 0.000000184. The monoisotopic (exact) mass is 285 g/mol. The zero-order valence-corrected chi connectivity index (χ0v) is 9.72. The maximum atomic E-state index is 11.9. The molecule has 100 valence electrons. The highest BCUT2D eigenvalue weighted by molar-refractivity contribution is 6.12. The molecule has 1 aromatic heterocycles. The number of nitrogens with one attached hydrogen (secondary N) is 2. The van der Waals surface area contributed by atoms with Gasteiger partial charge in [0, 0.05) is 29.9 Å². The van der Waals surface area contributed by atoms with Crippen LogP contribution in [0, 0.1) is 13.0 Å². The highest BCUT2D eigenvalue weighted by atomic mass is 35.5. The maximum absolute atomic E-state index is 11.9. The van der Waals surface area contributed by atoms with Crippen LogP contribution in [0.3, 0.4) is 0 Å². The molecule has 2 heterocycles. The van der Waals surface area contributed by atoms with Crippen LogP contribution in [0.1, 0.15) is 5.69 Å². The Labute approximate surface area is 105 Å². The average Bonchev–Trinajstić information content (AvgIpc) is 2.65. The summed E-state index contributed by atoms with van der Waals surface area (Å²) in [6.07, 6.45) is -2.92. The Morgan fingerprint density at radius 1 is 1.39 bits per heavy atom. The lowest BCUT2D eigenvalue weighted by Crippen LogP contribution is -2.33. The van der Waals surface area contributed by atoms with Crippen LogP contribution in [0.4, 0.5) is 17.6 Å². The summed E-state index contributed by atoms with van der Waals surface area (Å²) in [5.41, 5.74) is 3.64. The summed E-state index contributed by atoms with van der Waals surface area (Å²) in [7, 11) is 0. The van der Waals surface area contributed by atoms with E-state index in [1.807, 2.05) is 5.43 Å². The van der Waals surface area contributed by atoms with Gasteiger partial charge in [-0.3, -0.25) is 10.9 Å². The van der Waals surface area contributed by atoms with Gasteiger partial charge in [0.05, 0.1) is 0 Å². The van der Waals surface area contributed by atoms with Gasteiger partial charge in [-0.1, -0.05) is 0 Å². The van der Waals surface area contributed by atoms with Crippen LogP contribution in [0.15, 0.2) is 24.2 Å². The molecule has 0 aromatic carbocycles. The first-order valence-electron chi connectivity index (χ1n) is 4.50. The van der Waals surface area contributed by atoms with Crippen molar-refractivity contribution in [3.05, 3.63) is 35.9 Å². The van der Waals surface area contributed by atoms with E-state index in [4.69, 9.17) is 11.8 Å². The third kappa shape index (κ3) is 4.72. The quantitative estimate of drug-likeness (QED) is 0.432. The highest BCUT2D eigenvalue weighted by Gasteiger charge is 2.37. The predicted octanol–water partition coefficient (Wildman–Crippen LogP) is 1.79. The van der Waals surface area contributed by atoms with E-state index in [1.165, 1.54) is 6.20 Å². The molecule has 18 heavy (non-hydrogen) atoms. The molecule has 0 radical (unpaired) electrons. The molecule has 0 atom stereocenters. The Morgan fingerprint density at radius 3 is 2.33 bits per heavy atom. The summed E-state index contributed by atoms with van der Waals surface area (Å²) >= 11 is 5.07. The fourth-order valence-electron chi connectivity index (χ4n) is 0.855. The molecule has 0 saturated heterocycles. The number of aryl methyl sites for hydroxylation is 1. The number of halogens is 5. The van der Waals surface area contributed by atoms with Crippen molar-refractivity contribution < 1.29 is 17.6 Å². The van der Waals surface area contributed by atoms with Crippen molar-refractivity contribution >= 4 is 11.8 Å². The van der Waals surface area contributed by atoms with Crippen LogP contribution in [0.25, 0.3) is 0 Å². The average molecular weight is 286 g/mol. The molecule has 0 unspecified atom stereocenters. The van der Waals surface area contributed by atoms with Gasteiger partial charge < -0.3 is 0 Å². The van der Waals surface area contributed by atoms with Crippen LogP contribution in [-0.2, 0) is 0 Å². The van der Waals surface area contributed by atoms with Crippen molar-refractivity contribution in [3.63, 3.8) is 0 Å². The number of hydrogen-bond donors (Lipinski definition) is 2. The standard InChI is InChI=1S/C5H5FN2.C3H3ClF3N3/c1-4-2-3-7-5(6)8-4;4-10-8-1-2(9-10)3(5,6)7/h2-3H,1H3;1,8-9H. The first-order chi connectivity index (χ1) is 8.29. The van der Waals surface area contributed by atoms with Crippen LogP contribution >= 0.6 is 11.8 Å². The van der Waals surface area contributed by atoms with Crippen molar-refractivity contribution in [1.82, 2.24) is 25.5 Å². The highest BCUT2D eigenvalue weighted by Crippen LogP contribution is 2.24. The Hall–Kier alpha value is -1.61. The third-order valence-corrected chi connectivity index (χ3v) is 1.79. The fraction of sp³-hybridized carbons (Fsp3) is 0.250. The molecule has 0 spiro atoms. The number of nitrogens with zero attached hydrogens (tertiary/aromatic N) is 3. The molecule has 2 rings (SSSR count). The molecular weight excluding hydrogens is 278 g/mol. The lowest BCUT2D eigenvalue weighted by Gasteiger charge is -2.09. The molecular formula is C8H8ClF4N5. The molecule has 10 heteroatoms. The largest absolute Gasteiger partial charge is 0.433 e. The number of aromatic nitrogens is 2. The van der Waals surface area contributed by atoms with Crippen LogP contribution in [0.2, 0.25) is 0 Å². The molecule has 0 saturated carbocycles. The van der Waals surface area contributed by atoms with E-state index in [1.54, 1.807) is 13.0 Å². The van der Waals surface area contributed by atoms with E-state index >= 15 is 0 Å². The molecule has 0 bridgehead atoms. The minimum Gasteiger partial charge on any atom is -0.292 e. The molecule has 1 aliphatic heterocycles. The second-order valence-corrected chi connectivity index (χ2v) is 3.38. The SMILES string of the molecule is Cc1ccnc(F)n1.FC(F)(F)C1=CNN(Cl)N1. The van der Waals surface area contributed by atoms with Gasteiger partial charge in [0.25, 0.3) is 0 Å². The molecule has 5 nitrogen and oxygen atoms in total. The van der Waals surface area contributed by atoms with E-state index in [0.29, 0.717) is 10.3 Å². The van der Waals surface area contributed by atoms with Gasteiger partial charge in [0.2, 0.25) is 0 Å². The summed E-state index contributed by atoms with van der Waals surface area (Å²) in [6, 6.07) is 1.64. The van der Waals surface area contributed by atoms with E-state index in [0.717, 1.165) is 6.20 Å². The molecule has 1 aromatic rings. The summed E-state index contributed by atoms with van der Waals surface area (Å²) < 4.78 is 47.6. The van der Waals surface area contributed by atoms with E-state index in [-0.39, 0.29) is 0 Å². The van der Waals surface area contributed by atoms with Gasteiger partial charge in [0.15, 0.2) is 5.70 Å². The van der Waals surface area contributed by atoms with Crippen molar-refractivity contribution in [2.75, 3.05) is 0 Å². The lowest BCUT2D eigenvalue weighted by atomic mass is 10.5. The second-order valence-electron chi connectivity index (χ2n) is 3.04. The lowest BCUT2D eigenvalue weighted by molar-refractivity contribution is -0.0984. The number of hydrogen-bond acceptors (Lipinski definition) is 5. The Morgan fingerprint density at radius 2 is 2.06 bits per heavy atom. The summed E-state index contributed by atoms with van der Waals surface area (Å²) in [5, 5.41) is 0. The molecule has 0 aliphatic carbocycles. The first kappa shape index (κ1) is 14.5. The van der Waals surface area contributed by atoms with Crippen molar-refractivity contribution in [3.8, 4) is 0 Å². The van der Waals surface area contributed by atoms with Crippen LogP contribution in [0.5, 0.6) is 0 Å². The molecule has 2 N–H and O–H groups in total. The normalized spacial score (nSPS) is 15.1. The zero-order chi connectivity index (χ0) is 13.8. The minimum absolute atomic E-state index is 0.586. The maximum Gasteiger partial charge on any atom is 0.433 e. The van der Waals surface area contributed by atoms with Crippen molar-refractivity contribution in [2.24, 2.45) is 0 Å². The molecule has 1 aliphatic rings. The number of alkyl halides is 3. The Kier molecular flexibility index (Phi) is 4.68. The smallest absolute Gasteiger partial charge is 0.292 e. The van der Waals surface area contributed by atoms with E-state index in [9.17, 15) is 17.6 Å². The number of hydrazine groups is 2. The fourth-order valence-corrected chi connectivity index (χ4v) is 0.995. The second kappa shape index (κ2) is 5.83. The van der Waals surface area contributed by atoms with Crippen molar-refractivity contribution in [1.29, 1.82) is 0 Å². The van der Waals surface area contributed by atoms with Gasteiger partial charge in [-0.2, -0.15) is 17.6 Å². The van der Waals surface area contributed by atoms with Gasteiger partial charge in [-0.25, -0.2) is 9.97 Å². The Bertz CT molecular complexity index is 418. The predicted molar refractivity (Wildman–Crippen MR) is 54.8 cm³/mol. The number of rotatable bonds is 0. The minimum atomic E-state index is -4.38. The molecule has 0 amide bonds. The van der Waals surface area contributed by atoms with Crippen molar-refractivity contribution in [2.45, 2.75) is 13.1 Å². The van der Waals surface area contributed by atoms with Gasteiger partial charge in [-0.05, 0) is 17.6 Å². The van der Waals surface area contributed by atoms with Gasteiger partial charge in [-0.15, -0.1) is 0 Å². The summed E-state index contributed by atoms with van der Waals surface area (Å²) in [5.74, 6) is 0. The van der Waals surface area contributed by atoms with Gasteiger partial charge in [0.1, 0.15) is 0 Å². The third-order valence-electron chi connectivity index (χ3n) is 1.61. The summed E-state index contributed by atoms with van der Waals surface area (Å²) in [6.45, 7) is 1.71. The zero-order valence-electron chi connectivity index (χ0n) is 8.96. The van der Waals surface area contributed by atoms with E-state index < -0.39 is 18.0 Å².